The number of furan rings is 1. The van der Waals surface area contributed by atoms with Crippen LogP contribution >= 0.6 is 11.8 Å². The molecule has 0 fully saturated rings. The largest absolute Gasteiger partial charge is 0.453 e. The molecule has 0 amide bonds. The number of benzene rings is 1. The van der Waals surface area contributed by atoms with Crippen LogP contribution in [0.25, 0.3) is 11.3 Å². The Balaban J connectivity index is 2.41. The predicted octanol–water partition coefficient (Wildman–Crippen LogP) is 4.37. The molecule has 0 aliphatic rings. The molecule has 2 rings (SSSR count). The zero-order chi connectivity index (χ0) is 13.2. The maximum Gasteiger partial charge on any atom is 0.446 e. The molecule has 18 heavy (non-hydrogen) atoms. The maximum atomic E-state index is 12.4. The van der Waals surface area contributed by atoms with E-state index in [0.717, 1.165) is 0 Å². The first-order chi connectivity index (χ1) is 8.49. The van der Waals surface area contributed by atoms with Gasteiger partial charge in [-0.25, -0.2) is 0 Å². The third-order valence-corrected chi connectivity index (χ3v) is 2.93. The molecule has 0 N–H and O–H groups in total. The zero-order valence-electron chi connectivity index (χ0n) is 8.90. The minimum absolute atomic E-state index is 0.0387. The van der Waals surface area contributed by atoms with E-state index >= 15 is 0 Å². The van der Waals surface area contributed by atoms with E-state index in [9.17, 15) is 18.0 Å². The number of hydrogen-bond donors (Lipinski definition) is 0. The number of carbonyl (C=O) groups excluding carboxylic acids is 1. The molecule has 2 nitrogen and oxygen atoms in total. The van der Waals surface area contributed by atoms with Crippen LogP contribution in [-0.2, 0) is 0 Å². The Bertz CT molecular complexity index is 560. The first-order valence-corrected chi connectivity index (χ1v) is 5.71. The second kappa shape index (κ2) is 4.89. The normalized spacial score (nSPS) is 11.5. The molecular formula is C12H7F3O2S. The van der Waals surface area contributed by atoms with E-state index in [1.54, 1.807) is 6.07 Å². The lowest BCUT2D eigenvalue weighted by atomic mass is 10.2. The number of hydrogen-bond acceptors (Lipinski definition) is 3. The van der Waals surface area contributed by atoms with E-state index in [0.29, 0.717) is 11.8 Å². The van der Waals surface area contributed by atoms with Crippen molar-refractivity contribution in [3.05, 3.63) is 42.2 Å². The number of alkyl halides is 3. The van der Waals surface area contributed by atoms with Crippen molar-refractivity contribution in [3.63, 3.8) is 0 Å². The van der Waals surface area contributed by atoms with E-state index < -0.39 is 5.51 Å². The Morgan fingerprint density at radius 1 is 1.11 bits per heavy atom. The van der Waals surface area contributed by atoms with Crippen molar-refractivity contribution < 1.29 is 22.4 Å². The number of carbonyl (C=O) groups is 1. The average Bonchev–Trinajstić information content (AvgIpc) is 2.76. The summed E-state index contributed by atoms with van der Waals surface area (Å²) in [5, 5.41) is 0. The summed E-state index contributed by atoms with van der Waals surface area (Å²) in [7, 11) is 0. The molecule has 94 valence electrons. The van der Waals surface area contributed by atoms with Gasteiger partial charge in [0.1, 0.15) is 5.76 Å². The Morgan fingerprint density at radius 2 is 1.83 bits per heavy atom. The van der Waals surface area contributed by atoms with Gasteiger partial charge >= 0.3 is 5.51 Å². The third kappa shape index (κ3) is 2.95. The monoisotopic (exact) mass is 272 g/mol. The van der Waals surface area contributed by atoms with Crippen molar-refractivity contribution in [2.45, 2.75) is 10.4 Å². The van der Waals surface area contributed by atoms with E-state index in [-0.39, 0.29) is 28.2 Å². The molecule has 6 heteroatoms. The van der Waals surface area contributed by atoms with Crippen LogP contribution in [0.2, 0.25) is 0 Å². The minimum atomic E-state index is -4.36. The van der Waals surface area contributed by atoms with Crippen LogP contribution < -0.4 is 0 Å². The van der Waals surface area contributed by atoms with Crippen LogP contribution in [-0.4, -0.2) is 11.8 Å². The van der Waals surface area contributed by atoms with Crippen LogP contribution in [0, 0.1) is 0 Å². The molecule has 0 aliphatic carbocycles. The molecular weight excluding hydrogens is 265 g/mol. The maximum absolute atomic E-state index is 12.4. The van der Waals surface area contributed by atoms with Crippen molar-refractivity contribution in [2.24, 2.45) is 0 Å². The summed E-state index contributed by atoms with van der Waals surface area (Å²) in [6.07, 6.45) is 0.503. The highest BCUT2D eigenvalue weighted by atomic mass is 32.2. The lowest BCUT2D eigenvalue weighted by molar-refractivity contribution is -0.0328. The number of rotatable bonds is 3. The van der Waals surface area contributed by atoms with Gasteiger partial charge in [-0.1, -0.05) is 18.2 Å². The topological polar surface area (TPSA) is 30.2 Å². The summed E-state index contributed by atoms with van der Waals surface area (Å²) < 4.78 is 42.3. The number of aldehydes is 1. The van der Waals surface area contributed by atoms with Crippen LogP contribution in [0.5, 0.6) is 0 Å². The summed E-state index contributed by atoms with van der Waals surface area (Å²) in [5.74, 6) is 0.321. The zero-order valence-corrected chi connectivity index (χ0v) is 9.72. The van der Waals surface area contributed by atoms with Gasteiger partial charge in [0.2, 0.25) is 0 Å². The fraction of sp³-hybridized carbons (Fsp3) is 0.0833. The third-order valence-electron chi connectivity index (χ3n) is 2.12. The summed E-state index contributed by atoms with van der Waals surface area (Å²) in [6.45, 7) is 0. The van der Waals surface area contributed by atoms with Crippen LogP contribution in [0.1, 0.15) is 10.6 Å². The molecule has 1 aromatic carbocycles. The summed E-state index contributed by atoms with van der Waals surface area (Å²) >= 11 is -0.209. The van der Waals surface area contributed by atoms with Gasteiger partial charge in [0, 0.05) is 10.5 Å². The van der Waals surface area contributed by atoms with Gasteiger partial charge in [-0.05, 0) is 30.0 Å². The standard InChI is InChI=1S/C12H7F3O2S/c13-12(14,15)18-11-4-2-1-3-9(11)10-6-5-8(7-16)17-10/h1-7H. The van der Waals surface area contributed by atoms with Gasteiger partial charge in [-0.3, -0.25) is 4.79 Å². The SMILES string of the molecule is O=Cc1ccc(-c2ccccc2SC(F)(F)F)o1. The van der Waals surface area contributed by atoms with Crippen molar-refractivity contribution in [2.75, 3.05) is 0 Å². The van der Waals surface area contributed by atoms with Gasteiger partial charge in [0.25, 0.3) is 0 Å². The van der Waals surface area contributed by atoms with Crippen molar-refractivity contribution >= 4 is 18.0 Å². The quantitative estimate of drug-likeness (QED) is 0.614. The second-order valence-electron chi connectivity index (χ2n) is 3.36. The second-order valence-corrected chi connectivity index (χ2v) is 4.47. The Hall–Kier alpha value is -1.69. The van der Waals surface area contributed by atoms with Crippen molar-refractivity contribution in [3.8, 4) is 11.3 Å². The Kier molecular flexibility index (Phi) is 3.47. The number of halogens is 3. The fourth-order valence-corrected chi connectivity index (χ4v) is 2.12. The summed E-state index contributed by atoms with van der Waals surface area (Å²) in [5.41, 5.74) is -4.05. The molecule has 0 bridgehead atoms. The first-order valence-electron chi connectivity index (χ1n) is 4.90. The predicted molar refractivity (Wildman–Crippen MR) is 61.4 cm³/mol. The van der Waals surface area contributed by atoms with E-state index in [4.69, 9.17) is 4.42 Å². The van der Waals surface area contributed by atoms with Gasteiger partial charge in [0.05, 0.1) is 0 Å². The van der Waals surface area contributed by atoms with Gasteiger partial charge in [-0.15, -0.1) is 0 Å². The van der Waals surface area contributed by atoms with Crippen molar-refractivity contribution in [1.82, 2.24) is 0 Å². The van der Waals surface area contributed by atoms with Gasteiger partial charge < -0.3 is 4.42 Å². The van der Waals surface area contributed by atoms with Gasteiger partial charge in [-0.2, -0.15) is 13.2 Å². The molecule has 0 spiro atoms. The molecule has 0 saturated carbocycles. The highest BCUT2D eigenvalue weighted by Gasteiger charge is 2.30. The van der Waals surface area contributed by atoms with Crippen LogP contribution in [0.3, 0.4) is 0 Å². The van der Waals surface area contributed by atoms with Gasteiger partial charge in [0.15, 0.2) is 12.0 Å². The van der Waals surface area contributed by atoms with Crippen LogP contribution in [0.15, 0.2) is 45.7 Å². The summed E-state index contributed by atoms with van der Waals surface area (Å²) in [4.78, 5) is 10.5. The van der Waals surface area contributed by atoms with E-state index in [1.165, 1.54) is 30.3 Å². The molecule has 2 aromatic rings. The molecule has 0 atom stereocenters. The molecule has 0 radical (unpaired) electrons. The lowest BCUT2D eigenvalue weighted by Gasteiger charge is -2.09. The highest BCUT2D eigenvalue weighted by molar-refractivity contribution is 8.00. The molecule has 0 saturated heterocycles. The lowest BCUT2D eigenvalue weighted by Crippen LogP contribution is -1.99. The molecule has 0 unspecified atom stereocenters. The molecule has 1 heterocycles. The Morgan fingerprint density at radius 3 is 2.44 bits per heavy atom. The highest BCUT2D eigenvalue weighted by Crippen LogP contribution is 2.41. The minimum Gasteiger partial charge on any atom is -0.453 e. The smallest absolute Gasteiger partial charge is 0.446 e. The first kappa shape index (κ1) is 12.8. The Labute approximate surface area is 105 Å². The number of thioether (sulfide) groups is 1. The summed E-state index contributed by atoms with van der Waals surface area (Å²) in [6, 6.07) is 8.88. The molecule has 0 aliphatic heterocycles. The molecule has 1 aromatic heterocycles. The van der Waals surface area contributed by atoms with Crippen molar-refractivity contribution in [1.29, 1.82) is 0 Å². The fourth-order valence-electron chi connectivity index (χ4n) is 1.44. The van der Waals surface area contributed by atoms with Crippen LogP contribution in [0.4, 0.5) is 13.2 Å². The average molecular weight is 272 g/mol. The van der Waals surface area contributed by atoms with E-state index in [2.05, 4.69) is 0 Å². The van der Waals surface area contributed by atoms with E-state index in [1.807, 2.05) is 0 Å².